The molecule has 4 heterocycles. The molecule has 33 heavy (non-hydrogen) atoms. The average molecular weight is 468 g/mol. The average Bonchev–Trinajstić information content (AvgIpc) is 3.42. The number of benzene rings is 1. The molecule has 1 unspecified atom stereocenters. The Labute approximate surface area is 193 Å². The molecule has 6 rings (SSSR count). The van der Waals surface area contributed by atoms with Gasteiger partial charge in [0.25, 0.3) is 0 Å². The summed E-state index contributed by atoms with van der Waals surface area (Å²) in [5, 5.41) is 13.3. The monoisotopic (exact) mass is 467 g/mol. The topological polar surface area (TPSA) is 98.1 Å². The van der Waals surface area contributed by atoms with Gasteiger partial charge in [0.2, 0.25) is 12.1 Å². The van der Waals surface area contributed by atoms with Crippen molar-refractivity contribution >= 4 is 33.5 Å². The van der Waals surface area contributed by atoms with Gasteiger partial charge < -0.3 is 14.7 Å². The molecule has 1 atom stereocenters. The number of fused-ring (bicyclic) bond motifs is 2. The van der Waals surface area contributed by atoms with Crippen LogP contribution in [0.3, 0.4) is 0 Å². The van der Waals surface area contributed by atoms with Gasteiger partial charge in [0, 0.05) is 23.7 Å². The Morgan fingerprint density at radius 2 is 2.09 bits per heavy atom. The lowest BCUT2D eigenvalue weighted by Crippen LogP contribution is -2.26. The van der Waals surface area contributed by atoms with Gasteiger partial charge in [-0.15, -0.1) is 0 Å². The van der Waals surface area contributed by atoms with Gasteiger partial charge in [-0.2, -0.15) is 9.71 Å². The SMILES string of the molecule is O=c1n(Cc2nc(OCC3CCCO3)c3ccc(Cl)cc3n2)c2c[n+]([O-])ccc2n1C1CC1. The summed E-state index contributed by atoms with van der Waals surface area (Å²) >= 11 is 6.21. The fourth-order valence-corrected chi connectivity index (χ4v) is 4.60. The van der Waals surface area contributed by atoms with Gasteiger partial charge in [0.15, 0.2) is 12.0 Å². The van der Waals surface area contributed by atoms with E-state index in [1.54, 1.807) is 27.3 Å². The second-order valence-electron chi connectivity index (χ2n) is 8.60. The van der Waals surface area contributed by atoms with E-state index in [1.807, 2.05) is 6.07 Å². The Hall–Kier alpha value is -3.17. The largest absolute Gasteiger partial charge is 0.619 e. The van der Waals surface area contributed by atoms with Gasteiger partial charge in [-0.1, -0.05) is 11.6 Å². The van der Waals surface area contributed by atoms with E-state index >= 15 is 0 Å². The van der Waals surface area contributed by atoms with E-state index in [1.165, 1.54) is 12.4 Å². The number of aromatic nitrogens is 5. The first kappa shape index (κ1) is 20.4. The lowest BCUT2D eigenvalue weighted by Gasteiger charge is -2.14. The third kappa shape index (κ3) is 3.81. The number of hydrogen-bond donors (Lipinski definition) is 0. The molecule has 0 radical (unpaired) electrons. The Morgan fingerprint density at radius 1 is 1.21 bits per heavy atom. The van der Waals surface area contributed by atoms with Crippen LogP contribution in [0.5, 0.6) is 5.88 Å². The Kier molecular flexibility index (Phi) is 4.95. The van der Waals surface area contributed by atoms with Crippen molar-refractivity contribution in [1.29, 1.82) is 0 Å². The van der Waals surface area contributed by atoms with Crippen LogP contribution < -0.4 is 15.2 Å². The zero-order valence-electron chi connectivity index (χ0n) is 17.8. The van der Waals surface area contributed by atoms with E-state index < -0.39 is 0 Å². The second-order valence-corrected chi connectivity index (χ2v) is 9.03. The fraction of sp³-hybridized carbons (Fsp3) is 0.391. The minimum Gasteiger partial charge on any atom is -0.619 e. The van der Waals surface area contributed by atoms with Crippen LogP contribution in [0.4, 0.5) is 0 Å². The molecule has 2 aliphatic rings. The number of rotatable bonds is 6. The van der Waals surface area contributed by atoms with Crippen molar-refractivity contribution in [3.63, 3.8) is 0 Å². The maximum absolute atomic E-state index is 13.3. The van der Waals surface area contributed by atoms with E-state index in [4.69, 9.17) is 21.1 Å². The van der Waals surface area contributed by atoms with Crippen LogP contribution in [0, 0.1) is 5.21 Å². The standard InChI is InChI=1S/C23H22ClN5O4/c24-14-3-6-17-18(10-14)25-21(26-22(17)33-13-16-2-1-9-32-16)12-28-20-11-27(31)8-7-19(20)29(23(28)30)15-4-5-15/h3,6-8,10-11,15-16H,1-2,4-5,9,12-13H2. The molecule has 9 nitrogen and oxygen atoms in total. The molecule has 1 aliphatic heterocycles. The highest BCUT2D eigenvalue weighted by molar-refractivity contribution is 6.31. The van der Waals surface area contributed by atoms with Crippen molar-refractivity contribution in [3.8, 4) is 5.88 Å². The van der Waals surface area contributed by atoms with E-state index in [-0.39, 0.29) is 24.4 Å². The highest BCUT2D eigenvalue weighted by Gasteiger charge is 2.30. The summed E-state index contributed by atoms with van der Waals surface area (Å²) in [5.74, 6) is 0.838. The quantitative estimate of drug-likeness (QED) is 0.319. The van der Waals surface area contributed by atoms with Gasteiger partial charge in [0.1, 0.15) is 12.1 Å². The third-order valence-electron chi connectivity index (χ3n) is 6.19. The summed E-state index contributed by atoms with van der Waals surface area (Å²) in [7, 11) is 0. The summed E-state index contributed by atoms with van der Waals surface area (Å²) in [5.41, 5.74) is 1.76. The van der Waals surface area contributed by atoms with Crippen LogP contribution in [0.1, 0.15) is 37.5 Å². The molecule has 1 saturated carbocycles. The van der Waals surface area contributed by atoms with Crippen molar-refractivity contribution < 1.29 is 14.2 Å². The van der Waals surface area contributed by atoms with Crippen molar-refractivity contribution in [2.75, 3.05) is 13.2 Å². The number of imidazole rings is 1. The van der Waals surface area contributed by atoms with Crippen LogP contribution >= 0.6 is 11.6 Å². The number of ether oxygens (including phenoxy) is 2. The molecule has 1 saturated heterocycles. The van der Waals surface area contributed by atoms with E-state index in [2.05, 4.69) is 9.97 Å². The first-order valence-corrected chi connectivity index (χ1v) is 11.5. The summed E-state index contributed by atoms with van der Waals surface area (Å²) in [6, 6.07) is 7.22. The minimum atomic E-state index is -0.171. The maximum atomic E-state index is 13.3. The van der Waals surface area contributed by atoms with Crippen LogP contribution in [0.15, 0.2) is 41.5 Å². The molecule has 4 aromatic rings. The zero-order valence-corrected chi connectivity index (χ0v) is 18.6. The molecule has 0 amide bonds. The van der Waals surface area contributed by atoms with E-state index in [9.17, 15) is 10.0 Å². The van der Waals surface area contributed by atoms with E-state index in [0.717, 1.165) is 43.2 Å². The highest BCUT2D eigenvalue weighted by atomic mass is 35.5. The summed E-state index contributed by atoms with van der Waals surface area (Å²) in [6.45, 7) is 1.25. The smallest absolute Gasteiger partial charge is 0.329 e. The first-order chi connectivity index (χ1) is 16.1. The van der Waals surface area contributed by atoms with Crippen LogP contribution in [0.25, 0.3) is 21.9 Å². The van der Waals surface area contributed by atoms with Gasteiger partial charge in [-0.25, -0.2) is 9.78 Å². The fourth-order valence-electron chi connectivity index (χ4n) is 4.43. The molecule has 1 aliphatic carbocycles. The van der Waals surface area contributed by atoms with Gasteiger partial charge >= 0.3 is 5.69 Å². The Balaban J connectivity index is 1.43. The normalized spacial score (nSPS) is 18.4. The predicted molar refractivity (Wildman–Crippen MR) is 122 cm³/mol. The molecule has 0 N–H and O–H groups in total. The van der Waals surface area contributed by atoms with Crippen molar-refractivity contribution in [3.05, 3.63) is 63.2 Å². The highest BCUT2D eigenvalue weighted by Crippen LogP contribution is 2.36. The maximum Gasteiger partial charge on any atom is 0.329 e. The summed E-state index contributed by atoms with van der Waals surface area (Å²) in [4.78, 5) is 22.6. The minimum absolute atomic E-state index is 0.0393. The molecule has 3 aromatic heterocycles. The number of nitrogens with zero attached hydrogens (tertiary/aromatic N) is 5. The Bertz CT molecular complexity index is 1420. The van der Waals surface area contributed by atoms with Crippen molar-refractivity contribution in [2.24, 2.45) is 0 Å². The molecule has 0 spiro atoms. The summed E-state index contributed by atoms with van der Waals surface area (Å²) in [6.07, 6.45) is 6.76. The van der Waals surface area contributed by atoms with E-state index in [0.29, 0.717) is 39.1 Å². The zero-order chi connectivity index (χ0) is 22.5. The number of halogens is 1. The summed E-state index contributed by atoms with van der Waals surface area (Å²) < 4.78 is 15.7. The molecular formula is C23H22ClN5O4. The number of pyridine rings is 1. The van der Waals surface area contributed by atoms with Crippen molar-refractivity contribution in [1.82, 2.24) is 19.1 Å². The molecule has 0 bridgehead atoms. The van der Waals surface area contributed by atoms with Crippen LogP contribution in [-0.4, -0.2) is 38.4 Å². The molecule has 1 aromatic carbocycles. The predicted octanol–water partition coefficient (Wildman–Crippen LogP) is 2.97. The van der Waals surface area contributed by atoms with Gasteiger partial charge in [-0.3, -0.25) is 9.13 Å². The lowest BCUT2D eigenvalue weighted by atomic mass is 10.2. The Morgan fingerprint density at radius 3 is 2.88 bits per heavy atom. The molecule has 2 fully saturated rings. The van der Waals surface area contributed by atoms with Crippen LogP contribution in [0.2, 0.25) is 5.02 Å². The third-order valence-corrected chi connectivity index (χ3v) is 6.43. The molecule has 170 valence electrons. The van der Waals surface area contributed by atoms with Gasteiger partial charge in [0.05, 0.1) is 29.1 Å². The van der Waals surface area contributed by atoms with Gasteiger partial charge in [-0.05, 0) is 43.9 Å². The second kappa shape index (κ2) is 8.00. The first-order valence-electron chi connectivity index (χ1n) is 11.1. The molecular weight excluding hydrogens is 446 g/mol. The molecule has 10 heteroatoms. The van der Waals surface area contributed by atoms with Crippen LogP contribution in [-0.2, 0) is 11.3 Å². The lowest BCUT2D eigenvalue weighted by molar-refractivity contribution is -0.604. The van der Waals surface area contributed by atoms with Crippen molar-refractivity contribution in [2.45, 2.75) is 44.4 Å². The number of hydrogen-bond acceptors (Lipinski definition) is 6.